The van der Waals surface area contributed by atoms with E-state index >= 15 is 0 Å². The number of allylic oxidation sites excluding steroid dienone is 22. The molecule has 1 unspecified atom stereocenters. The fourth-order valence-electron chi connectivity index (χ4n) is 7.09. The molecule has 0 radical (unpaired) electrons. The first-order valence-electron chi connectivity index (χ1n) is 27.7. The van der Waals surface area contributed by atoms with Crippen molar-refractivity contribution in [2.75, 3.05) is 13.2 Å². The van der Waals surface area contributed by atoms with Crippen molar-refractivity contribution in [1.29, 1.82) is 0 Å². The predicted molar refractivity (Wildman–Crippen MR) is 297 cm³/mol. The second-order valence-electron chi connectivity index (χ2n) is 17.7. The Balaban J connectivity index is 4.53. The first-order chi connectivity index (χ1) is 34.0. The molecular weight excluding hydrogens is 853 g/mol. The molecule has 0 aliphatic carbocycles. The number of rotatable bonds is 48. The third-order valence-electron chi connectivity index (χ3n) is 11.2. The minimum Gasteiger partial charge on any atom is -0.462 e. The van der Waals surface area contributed by atoms with Gasteiger partial charge in [0.25, 0.3) is 0 Å². The fourth-order valence-corrected chi connectivity index (χ4v) is 7.09. The molecule has 0 N–H and O–H groups in total. The zero-order valence-electron chi connectivity index (χ0n) is 44.3. The number of ether oxygens (including phenoxy) is 3. The maximum absolute atomic E-state index is 12.8. The Hall–Kier alpha value is -4.45. The predicted octanol–water partition coefficient (Wildman–Crippen LogP) is 18.6. The summed E-state index contributed by atoms with van der Waals surface area (Å²) in [6.07, 6.45) is 78.9. The van der Waals surface area contributed by atoms with Crippen molar-refractivity contribution in [2.45, 2.75) is 232 Å². The molecule has 6 heteroatoms. The Labute approximate surface area is 424 Å². The van der Waals surface area contributed by atoms with E-state index in [1.54, 1.807) is 0 Å². The molecule has 0 saturated carbocycles. The Bertz CT molecular complexity index is 1510. The van der Waals surface area contributed by atoms with Crippen LogP contribution in [0.25, 0.3) is 0 Å². The van der Waals surface area contributed by atoms with Gasteiger partial charge in [0.15, 0.2) is 6.10 Å². The fraction of sp³-hybridized carbons (Fsp3) is 0.603. The Kier molecular flexibility index (Phi) is 52.5. The average molecular weight is 953 g/mol. The summed E-state index contributed by atoms with van der Waals surface area (Å²) in [5.74, 6) is -1.07. The maximum Gasteiger partial charge on any atom is 0.306 e. The number of carbonyl (C=O) groups is 3. The van der Waals surface area contributed by atoms with Crippen LogP contribution in [0.5, 0.6) is 0 Å². The van der Waals surface area contributed by atoms with E-state index in [1.165, 1.54) is 77.0 Å². The van der Waals surface area contributed by atoms with Gasteiger partial charge in [0.2, 0.25) is 0 Å². The molecule has 0 saturated heterocycles. The van der Waals surface area contributed by atoms with Crippen LogP contribution < -0.4 is 0 Å². The number of carbonyl (C=O) groups excluding carboxylic acids is 3. The Morgan fingerprint density at radius 1 is 0.304 bits per heavy atom. The Morgan fingerprint density at radius 2 is 0.594 bits per heavy atom. The van der Waals surface area contributed by atoms with E-state index < -0.39 is 6.10 Å². The molecule has 6 nitrogen and oxygen atoms in total. The lowest BCUT2D eigenvalue weighted by molar-refractivity contribution is -0.166. The minimum absolute atomic E-state index is 0.133. The summed E-state index contributed by atoms with van der Waals surface area (Å²) in [4.78, 5) is 38.0. The first kappa shape index (κ1) is 64.5. The summed E-state index contributed by atoms with van der Waals surface area (Å²) in [5, 5.41) is 0. The van der Waals surface area contributed by atoms with Crippen molar-refractivity contribution in [1.82, 2.24) is 0 Å². The smallest absolute Gasteiger partial charge is 0.306 e. The van der Waals surface area contributed by atoms with Gasteiger partial charge in [0, 0.05) is 19.3 Å². The highest BCUT2D eigenvalue weighted by Crippen LogP contribution is 2.15. The lowest BCUT2D eigenvalue weighted by Crippen LogP contribution is -2.30. The summed E-state index contributed by atoms with van der Waals surface area (Å²) in [5.41, 5.74) is 0. The van der Waals surface area contributed by atoms with Crippen LogP contribution in [-0.2, 0) is 28.6 Å². The molecule has 0 fully saturated rings. The van der Waals surface area contributed by atoms with E-state index in [0.29, 0.717) is 19.3 Å². The minimum atomic E-state index is -0.833. The van der Waals surface area contributed by atoms with Gasteiger partial charge in [0.05, 0.1) is 0 Å². The number of hydrogen-bond donors (Lipinski definition) is 0. The molecule has 0 bridgehead atoms. The molecule has 69 heavy (non-hydrogen) atoms. The van der Waals surface area contributed by atoms with E-state index in [-0.39, 0.29) is 44.0 Å². The van der Waals surface area contributed by atoms with Gasteiger partial charge >= 0.3 is 17.9 Å². The van der Waals surface area contributed by atoms with Crippen LogP contribution in [0.4, 0.5) is 0 Å². The summed E-state index contributed by atoms with van der Waals surface area (Å²) in [6.45, 7) is 6.29. The maximum atomic E-state index is 12.8. The second-order valence-corrected chi connectivity index (χ2v) is 17.7. The van der Waals surface area contributed by atoms with E-state index in [4.69, 9.17) is 14.2 Å². The van der Waals surface area contributed by atoms with Crippen LogP contribution in [0.2, 0.25) is 0 Å². The average Bonchev–Trinajstić information content (AvgIpc) is 3.35. The molecule has 0 amide bonds. The van der Waals surface area contributed by atoms with Crippen LogP contribution >= 0.6 is 0 Å². The van der Waals surface area contributed by atoms with Crippen molar-refractivity contribution in [3.8, 4) is 0 Å². The largest absolute Gasteiger partial charge is 0.462 e. The van der Waals surface area contributed by atoms with Crippen LogP contribution in [-0.4, -0.2) is 37.2 Å². The molecule has 0 aliphatic heterocycles. The standard InChI is InChI=1S/C63H100O6/c1-4-7-10-13-16-19-22-25-27-28-29-30-31-32-33-34-36-38-41-44-47-50-53-56-62(65)68-59-60(58-67-61(64)55-52-49-46-43-40-37-24-21-18-15-12-9-6-3)69-63(66)57-54-51-48-45-42-39-35-26-23-20-17-14-11-8-5-2/h7,9-10,12,16,18-19,21,25,27,29-30,32-33,36-38,40,44,46-47,49,60H,4-6,8,11,13-15,17,20,22-24,26,28,31,34-35,39,41-43,45,48,50-59H2,1-3H3/b10-7-,12-9-,19-16-,21-18-,27-25-,30-29-,33-32-,38-36-,40-37-,47-44-,49-46-. The monoisotopic (exact) mass is 953 g/mol. The van der Waals surface area contributed by atoms with Crippen LogP contribution in [0.1, 0.15) is 226 Å². The van der Waals surface area contributed by atoms with E-state index in [1.807, 2.05) is 12.2 Å². The quantitative estimate of drug-likeness (QED) is 0.0262. The van der Waals surface area contributed by atoms with Crippen LogP contribution in [0, 0.1) is 0 Å². The van der Waals surface area contributed by atoms with Gasteiger partial charge in [-0.25, -0.2) is 0 Å². The zero-order valence-corrected chi connectivity index (χ0v) is 44.3. The van der Waals surface area contributed by atoms with E-state index in [0.717, 1.165) is 96.3 Å². The highest BCUT2D eigenvalue weighted by atomic mass is 16.6. The molecule has 0 heterocycles. The van der Waals surface area contributed by atoms with Gasteiger partial charge in [-0.15, -0.1) is 0 Å². The molecule has 0 rings (SSSR count). The highest BCUT2D eigenvalue weighted by molar-refractivity contribution is 5.71. The van der Waals surface area contributed by atoms with Crippen molar-refractivity contribution in [3.05, 3.63) is 134 Å². The molecule has 0 aliphatic rings. The lowest BCUT2D eigenvalue weighted by atomic mass is 10.0. The van der Waals surface area contributed by atoms with Gasteiger partial charge in [-0.3, -0.25) is 14.4 Å². The molecule has 0 spiro atoms. The normalized spacial score (nSPS) is 13.1. The highest BCUT2D eigenvalue weighted by Gasteiger charge is 2.19. The van der Waals surface area contributed by atoms with E-state index in [9.17, 15) is 14.4 Å². The number of unbranched alkanes of at least 4 members (excludes halogenated alkanes) is 15. The Morgan fingerprint density at radius 3 is 0.957 bits per heavy atom. The van der Waals surface area contributed by atoms with Gasteiger partial charge in [0.1, 0.15) is 13.2 Å². The first-order valence-corrected chi connectivity index (χ1v) is 27.7. The molecule has 0 aromatic carbocycles. The van der Waals surface area contributed by atoms with Crippen molar-refractivity contribution in [2.24, 2.45) is 0 Å². The third-order valence-corrected chi connectivity index (χ3v) is 11.2. The summed E-state index contributed by atoms with van der Waals surface area (Å²) < 4.78 is 16.7. The molecular formula is C63H100O6. The summed E-state index contributed by atoms with van der Waals surface area (Å²) >= 11 is 0. The van der Waals surface area contributed by atoms with E-state index in [2.05, 4.69) is 142 Å². The molecule has 0 aromatic rings. The van der Waals surface area contributed by atoms with Crippen LogP contribution in [0.15, 0.2) is 134 Å². The summed E-state index contributed by atoms with van der Waals surface area (Å²) in [6, 6.07) is 0. The van der Waals surface area contributed by atoms with Crippen LogP contribution in [0.3, 0.4) is 0 Å². The zero-order chi connectivity index (χ0) is 50.0. The molecule has 0 aromatic heterocycles. The van der Waals surface area contributed by atoms with Gasteiger partial charge in [-0.2, -0.15) is 0 Å². The SMILES string of the molecule is CC/C=C\C/C=C\C/C=C\C/C=C\C/C=C\C/C=C\C/C=C\CCCC(=O)OCC(COC(=O)CC/C=C\C/C=C\C/C=C\C/C=C\CC)OC(=O)CCCCCCCCCCCCCCCCC. The molecule has 1 atom stereocenters. The lowest BCUT2D eigenvalue weighted by Gasteiger charge is -2.18. The van der Waals surface area contributed by atoms with Gasteiger partial charge in [-0.05, 0) is 96.3 Å². The van der Waals surface area contributed by atoms with Gasteiger partial charge < -0.3 is 14.2 Å². The van der Waals surface area contributed by atoms with Crippen molar-refractivity contribution < 1.29 is 28.6 Å². The van der Waals surface area contributed by atoms with Crippen molar-refractivity contribution in [3.63, 3.8) is 0 Å². The van der Waals surface area contributed by atoms with Gasteiger partial charge in [-0.1, -0.05) is 244 Å². The number of hydrogen-bond acceptors (Lipinski definition) is 6. The number of esters is 3. The molecule has 388 valence electrons. The second kappa shape index (κ2) is 56.1. The topological polar surface area (TPSA) is 78.9 Å². The third kappa shape index (κ3) is 54.4. The van der Waals surface area contributed by atoms with Crippen molar-refractivity contribution >= 4 is 17.9 Å². The summed E-state index contributed by atoms with van der Waals surface area (Å²) in [7, 11) is 0.